The molecule has 0 bridgehead atoms. The van der Waals surface area contributed by atoms with Crippen molar-refractivity contribution in [2.45, 2.75) is 19.4 Å². The lowest BCUT2D eigenvalue weighted by Crippen LogP contribution is -2.32. The molecule has 1 unspecified atom stereocenters. The topological polar surface area (TPSA) is 95.5 Å². The summed E-state index contributed by atoms with van der Waals surface area (Å²) in [6, 6.07) is 19.3. The van der Waals surface area contributed by atoms with Gasteiger partial charge in [0.1, 0.15) is 17.6 Å². The van der Waals surface area contributed by atoms with Gasteiger partial charge in [0.25, 0.3) is 11.7 Å². The van der Waals surface area contributed by atoms with Crippen LogP contribution in [0, 0.1) is 0 Å². The number of aliphatic hydroxyl groups excluding tert-OH is 1. The Morgan fingerprint density at radius 3 is 2.57 bits per heavy atom. The van der Waals surface area contributed by atoms with Crippen LogP contribution in [0.2, 0.25) is 0 Å². The Kier molecular flexibility index (Phi) is 6.06. The van der Waals surface area contributed by atoms with Crippen molar-refractivity contribution in [2.24, 2.45) is 0 Å². The molecule has 1 fully saturated rings. The second-order valence-corrected chi connectivity index (χ2v) is 8.31. The molecule has 1 saturated heterocycles. The summed E-state index contributed by atoms with van der Waals surface area (Å²) >= 11 is 0. The van der Waals surface area contributed by atoms with Crippen molar-refractivity contribution < 1.29 is 19.4 Å². The zero-order valence-corrected chi connectivity index (χ0v) is 19.3. The molecule has 0 aliphatic carbocycles. The summed E-state index contributed by atoms with van der Waals surface area (Å²) in [6.45, 7) is 2.71. The Bertz CT molecular complexity index is 1410. The summed E-state index contributed by atoms with van der Waals surface area (Å²) < 4.78 is 5.47. The van der Waals surface area contributed by atoms with Crippen LogP contribution >= 0.6 is 0 Å². The maximum atomic E-state index is 13.2. The monoisotopic (exact) mass is 467 g/mol. The molecule has 1 atom stereocenters. The standard InChI is InChI=1S/C28H25N3O4/c1-2-35-20-12-10-18(11-13-20)26(32)24-25(23-9-5-6-15-29-23)31(28(34)27(24)33)16-14-19-17-30-22-8-4-3-7-21(19)22/h3-13,15,17,25,30,32H,2,14,16H2,1H3/b26-24-. The van der Waals surface area contributed by atoms with Crippen LogP contribution < -0.4 is 4.74 Å². The van der Waals surface area contributed by atoms with Crippen LogP contribution in [0.15, 0.2) is 84.7 Å². The van der Waals surface area contributed by atoms with Gasteiger partial charge >= 0.3 is 0 Å². The number of ketones is 1. The van der Waals surface area contributed by atoms with Gasteiger partial charge in [0, 0.05) is 35.4 Å². The van der Waals surface area contributed by atoms with Gasteiger partial charge in [-0.05, 0) is 61.4 Å². The molecule has 35 heavy (non-hydrogen) atoms. The molecule has 0 saturated carbocycles. The van der Waals surface area contributed by atoms with E-state index in [0.717, 1.165) is 16.5 Å². The van der Waals surface area contributed by atoms with E-state index in [4.69, 9.17) is 4.74 Å². The Labute approximate surface area is 202 Å². The average molecular weight is 468 g/mol. The second-order valence-electron chi connectivity index (χ2n) is 8.31. The fraction of sp³-hybridized carbons (Fsp3) is 0.179. The van der Waals surface area contributed by atoms with Crippen molar-refractivity contribution in [1.29, 1.82) is 0 Å². The number of aromatic amines is 1. The molecule has 7 heteroatoms. The third kappa shape index (κ3) is 4.17. The predicted octanol–water partition coefficient (Wildman–Crippen LogP) is 4.63. The van der Waals surface area contributed by atoms with Crippen LogP contribution in [0.4, 0.5) is 0 Å². The number of rotatable bonds is 7. The SMILES string of the molecule is CCOc1ccc(/C(O)=C2/C(=O)C(=O)N(CCc3c[nH]c4ccccc34)C2c2ccccn2)cc1. The predicted molar refractivity (Wildman–Crippen MR) is 133 cm³/mol. The lowest BCUT2D eigenvalue weighted by atomic mass is 9.98. The Morgan fingerprint density at radius 2 is 1.83 bits per heavy atom. The second kappa shape index (κ2) is 9.46. The average Bonchev–Trinajstić information content (AvgIpc) is 3.42. The number of hydrogen-bond donors (Lipinski definition) is 2. The van der Waals surface area contributed by atoms with Crippen molar-refractivity contribution in [3.63, 3.8) is 0 Å². The number of nitrogens with one attached hydrogen (secondary N) is 1. The van der Waals surface area contributed by atoms with Crippen molar-refractivity contribution in [2.75, 3.05) is 13.2 Å². The highest BCUT2D eigenvalue weighted by Crippen LogP contribution is 2.39. The third-order valence-electron chi connectivity index (χ3n) is 6.24. The number of H-pyrrole nitrogens is 1. The number of pyridine rings is 1. The number of carbonyl (C=O) groups is 2. The van der Waals surface area contributed by atoms with Crippen molar-refractivity contribution in [3.05, 3.63) is 102 Å². The van der Waals surface area contributed by atoms with Gasteiger partial charge in [0.05, 0.1) is 17.9 Å². The number of nitrogens with zero attached hydrogens (tertiary/aromatic N) is 2. The number of amides is 1. The zero-order valence-electron chi connectivity index (χ0n) is 19.3. The van der Waals surface area contributed by atoms with E-state index in [1.807, 2.05) is 37.4 Å². The summed E-state index contributed by atoms with van der Waals surface area (Å²) in [5.74, 6) is -0.930. The van der Waals surface area contributed by atoms with Crippen LogP contribution in [0.1, 0.15) is 29.8 Å². The number of ether oxygens (including phenoxy) is 1. The molecule has 0 spiro atoms. The molecular weight excluding hydrogens is 442 g/mol. The summed E-state index contributed by atoms with van der Waals surface area (Å²) in [5.41, 5.74) is 3.06. The van der Waals surface area contributed by atoms with Gasteiger partial charge < -0.3 is 19.7 Å². The van der Waals surface area contributed by atoms with Crippen LogP contribution in [-0.4, -0.2) is 44.8 Å². The fourth-order valence-electron chi connectivity index (χ4n) is 4.57. The van der Waals surface area contributed by atoms with E-state index >= 15 is 0 Å². The first-order chi connectivity index (χ1) is 17.1. The first-order valence-electron chi connectivity index (χ1n) is 11.6. The molecule has 0 radical (unpaired) electrons. The molecule has 2 N–H and O–H groups in total. The molecule has 4 aromatic rings. The number of Topliss-reactive ketones (excluding diaryl/α,β-unsaturated/α-hetero) is 1. The number of likely N-dealkylation sites (tertiary alicyclic amines) is 1. The number of benzene rings is 2. The summed E-state index contributed by atoms with van der Waals surface area (Å²) in [4.78, 5) is 35.5. The number of aromatic nitrogens is 2. The van der Waals surface area contributed by atoms with Gasteiger partial charge in [-0.3, -0.25) is 14.6 Å². The number of aliphatic hydroxyl groups is 1. The molecule has 176 valence electrons. The molecule has 1 amide bonds. The number of fused-ring (bicyclic) bond motifs is 1. The molecule has 5 rings (SSSR count). The van der Waals surface area contributed by atoms with Crippen LogP contribution in [0.25, 0.3) is 16.7 Å². The van der Waals surface area contributed by atoms with Gasteiger partial charge in [-0.25, -0.2) is 0 Å². The summed E-state index contributed by atoms with van der Waals surface area (Å²) in [6.07, 6.45) is 4.09. The zero-order chi connectivity index (χ0) is 24.4. The van der Waals surface area contributed by atoms with Crippen molar-refractivity contribution in [1.82, 2.24) is 14.9 Å². The highest BCUT2D eigenvalue weighted by Gasteiger charge is 2.46. The van der Waals surface area contributed by atoms with Crippen LogP contribution in [-0.2, 0) is 16.0 Å². The Balaban J connectivity index is 1.52. The minimum atomic E-state index is -0.784. The smallest absolute Gasteiger partial charge is 0.295 e. The van der Waals surface area contributed by atoms with Gasteiger partial charge in [0.15, 0.2) is 0 Å². The maximum absolute atomic E-state index is 13.2. The summed E-state index contributed by atoms with van der Waals surface area (Å²) in [5, 5.41) is 12.3. The molecule has 1 aliphatic rings. The number of hydrogen-bond acceptors (Lipinski definition) is 5. The van der Waals surface area contributed by atoms with E-state index in [1.165, 1.54) is 4.90 Å². The minimum absolute atomic E-state index is 0.0387. The molecule has 7 nitrogen and oxygen atoms in total. The van der Waals surface area contributed by atoms with Gasteiger partial charge in [0.2, 0.25) is 0 Å². The lowest BCUT2D eigenvalue weighted by molar-refractivity contribution is -0.139. The highest BCUT2D eigenvalue weighted by atomic mass is 16.5. The van der Waals surface area contributed by atoms with Crippen molar-refractivity contribution >= 4 is 28.4 Å². The largest absolute Gasteiger partial charge is 0.507 e. The quantitative estimate of drug-likeness (QED) is 0.235. The van der Waals surface area contributed by atoms with E-state index in [0.29, 0.717) is 36.6 Å². The molecule has 1 aliphatic heterocycles. The van der Waals surface area contributed by atoms with E-state index in [1.54, 1.807) is 48.7 Å². The normalized spacial score (nSPS) is 17.3. The Hall–Kier alpha value is -4.39. The number of carbonyl (C=O) groups excluding carboxylic acids is 2. The first kappa shape index (κ1) is 22.4. The van der Waals surface area contributed by atoms with E-state index in [2.05, 4.69) is 9.97 Å². The minimum Gasteiger partial charge on any atom is -0.507 e. The van der Waals surface area contributed by atoms with E-state index < -0.39 is 17.7 Å². The van der Waals surface area contributed by atoms with Gasteiger partial charge in [-0.15, -0.1) is 0 Å². The fourth-order valence-corrected chi connectivity index (χ4v) is 4.57. The molecule has 2 aromatic heterocycles. The maximum Gasteiger partial charge on any atom is 0.295 e. The van der Waals surface area contributed by atoms with E-state index in [-0.39, 0.29) is 11.3 Å². The third-order valence-corrected chi connectivity index (χ3v) is 6.24. The lowest BCUT2D eigenvalue weighted by Gasteiger charge is -2.24. The van der Waals surface area contributed by atoms with Crippen LogP contribution in [0.5, 0.6) is 5.75 Å². The molecular formula is C28H25N3O4. The molecule has 3 heterocycles. The molecule has 2 aromatic carbocycles. The van der Waals surface area contributed by atoms with Gasteiger partial charge in [-0.2, -0.15) is 0 Å². The van der Waals surface area contributed by atoms with E-state index in [9.17, 15) is 14.7 Å². The Morgan fingerprint density at radius 1 is 1.06 bits per heavy atom. The van der Waals surface area contributed by atoms with Gasteiger partial charge in [-0.1, -0.05) is 24.3 Å². The number of para-hydroxylation sites is 1. The first-order valence-corrected chi connectivity index (χ1v) is 11.6. The van der Waals surface area contributed by atoms with Crippen LogP contribution in [0.3, 0.4) is 0 Å². The highest BCUT2D eigenvalue weighted by molar-refractivity contribution is 6.46. The summed E-state index contributed by atoms with van der Waals surface area (Å²) in [7, 11) is 0. The van der Waals surface area contributed by atoms with Crippen molar-refractivity contribution in [3.8, 4) is 5.75 Å².